The van der Waals surface area contributed by atoms with Crippen molar-refractivity contribution in [3.05, 3.63) is 0 Å². The lowest BCUT2D eigenvalue weighted by molar-refractivity contribution is 0.0397. The minimum absolute atomic E-state index is 0.386. The largest absolute Gasteiger partial charge is 0.286 e. The molecule has 0 amide bonds. The van der Waals surface area contributed by atoms with E-state index in [9.17, 15) is 0 Å². The summed E-state index contributed by atoms with van der Waals surface area (Å²) in [5, 5.41) is 0. The summed E-state index contributed by atoms with van der Waals surface area (Å²) in [6.07, 6.45) is 2.03. The fourth-order valence-corrected chi connectivity index (χ4v) is 2.92. The molecule has 1 saturated heterocycles. The Morgan fingerprint density at radius 3 is 1.67 bits per heavy atom. The van der Waals surface area contributed by atoms with E-state index in [-0.39, 0.29) is 0 Å². The van der Waals surface area contributed by atoms with Crippen LogP contribution in [-0.2, 0) is 0 Å². The van der Waals surface area contributed by atoms with Crippen LogP contribution in [0.4, 0.5) is 0 Å². The summed E-state index contributed by atoms with van der Waals surface area (Å²) in [5.41, 5.74) is 0.386. The molecule has 1 unspecified atom stereocenters. The number of nitrogens with zero attached hydrogens (tertiary/aromatic N) is 2. The molecule has 3 atom stereocenters. The van der Waals surface area contributed by atoms with Crippen molar-refractivity contribution in [3.63, 3.8) is 0 Å². The molecule has 1 saturated carbocycles. The lowest BCUT2D eigenvalue weighted by Gasteiger charge is -2.39. The molecule has 0 bridgehead atoms. The predicted octanol–water partition coefficient (Wildman–Crippen LogP) is 1.38. The highest BCUT2D eigenvalue weighted by atomic mass is 15.5. The van der Waals surface area contributed by atoms with E-state index in [1.807, 2.05) is 0 Å². The third-order valence-electron chi connectivity index (χ3n) is 3.32. The van der Waals surface area contributed by atoms with E-state index >= 15 is 0 Å². The highest BCUT2D eigenvalue weighted by Crippen LogP contribution is 2.46. The molecule has 1 aliphatic carbocycles. The maximum absolute atomic E-state index is 2.55. The second kappa shape index (κ2) is 2.24. The first kappa shape index (κ1) is 8.52. The molecule has 70 valence electrons. The molecule has 0 spiro atoms. The summed E-state index contributed by atoms with van der Waals surface area (Å²) >= 11 is 0. The summed E-state index contributed by atoms with van der Waals surface area (Å²) < 4.78 is 0. The van der Waals surface area contributed by atoms with Crippen LogP contribution in [0.1, 0.15) is 27.2 Å². The van der Waals surface area contributed by atoms with Crippen LogP contribution < -0.4 is 0 Å². The van der Waals surface area contributed by atoms with Crippen molar-refractivity contribution in [2.75, 3.05) is 14.1 Å². The average molecular weight is 168 g/mol. The second-order valence-electron chi connectivity index (χ2n) is 5.44. The van der Waals surface area contributed by atoms with Crippen molar-refractivity contribution in [2.45, 2.75) is 45.4 Å². The minimum Gasteiger partial charge on any atom is -0.286 e. The summed E-state index contributed by atoms with van der Waals surface area (Å²) in [6.45, 7) is 6.99. The Bertz CT molecular complexity index is 181. The van der Waals surface area contributed by atoms with Gasteiger partial charge in [-0.3, -0.25) is 9.80 Å². The van der Waals surface area contributed by atoms with Crippen LogP contribution in [0.5, 0.6) is 0 Å². The van der Waals surface area contributed by atoms with Crippen molar-refractivity contribution in [3.8, 4) is 0 Å². The molecule has 0 radical (unpaired) electrons. The maximum Gasteiger partial charge on any atom is 0.0673 e. The Kier molecular flexibility index (Phi) is 1.59. The van der Waals surface area contributed by atoms with Gasteiger partial charge < -0.3 is 0 Å². The zero-order valence-corrected chi connectivity index (χ0v) is 8.83. The van der Waals surface area contributed by atoms with Crippen LogP contribution in [0.25, 0.3) is 0 Å². The first-order valence-corrected chi connectivity index (χ1v) is 4.87. The van der Waals surface area contributed by atoms with Crippen molar-refractivity contribution in [1.29, 1.82) is 0 Å². The van der Waals surface area contributed by atoms with E-state index in [1.54, 1.807) is 0 Å². The Morgan fingerprint density at radius 2 is 1.42 bits per heavy atom. The number of hydrogen-bond acceptors (Lipinski definition) is 2. The monoisotopic (exact) mass is 168 g/mol. The van der Waals surface area contributed by atoms with Crippen molar-refractivity contribution in [2.24, 2.45) is 5.41 Å². The highest BCUT2D eigenvalue weighted by molar-refractivity contribution is 5.11. The molecule has 2 heteroatoms. The van der Waals surface area contributed by atoms with Crippen LogP contribution in [-0.4, -0.2) is 42.1 Å². The molecule has 1 aliphatic heterocycles. The fourth-order valence-electron chi connectivity index (χ4n) is 2.92. The van der Waals surface area contributed by atoms with Crippen molar-refractivity contribution in [1.82, 2.24) is 9.80 Å². The highest BCUT2D eigenvalue weighted by Gasteiger charge is 2.56. The number of rotatable bonds is 0. The van der Waals surface area contributed by atoms with E-state index in [0.29, 0.717) is 11.6 Å². The zero-order chi connectivity index (χ0) is 9.09. The summed E-state index contributed by atoms with van der Waals surface area (Å²) in [4.78, 5) is 5.09. The first-order chi connectivity index (χ1) is 5.43. The Labute approximate surface area is 75.5 Å². The lowest BCUT2D eigenvalue weighted by atomic mass is 9.91. The predicted molar refractivity (Wildman–Crippen MR) is 51.0 cm³/mol. The summed E-state index contributed by atoms with van der Waals surface area (Å²) in [5.74, 6) is 0. The van der Waals surface area contributed by atoms with Crippen LogP contribution in [0.2, 0.25) is 0 Å². The molecule has 2 rings (SSSR count). The van der Waals surface area contributed by atoms with Gasteiger partial charge in [-0.05, 0) is 25.9 Å². The Morgan fingerprint density at radius 1 is 1.00 bits per heavy atom. The SMILES string of the molecule is CN1C(C(C)(C)C)N(C)[C@H]2C[C@H]21. The first-order valence-electron chi connectivity index (χ1n) is 4.87. The molecule has 0 aromatic carbocycles. The van der Waals surface area contributed by atoms with E-state index in [2.05, 4.69) is 44.7 Å². The van der Waals surface area contributed by atoms with E-state index < -0.39 is 0 Å². The zero-order valence-electron chi connectivity index (χ0n) is 8.83. The van der Waals surface area contributed by atoms with Crippen LogP contribution in [0.3, 0.4) is 0 Å². The van der Waals surface area contributed by atoms with E-state index in [0.717, 1.165) is 12.1 Å². The average Bonchev–Trinajstić information content (AvgIpc) is 2.55. The molecule has 1 heterocycles. The molecular formula is C10H20N2. The smallest absolute Gasteiger partial charge is 0.0673 e. The van der Waals surface area contributed by atoms with Gasteiger partial charge in [-0.25, -0.2) is 0 Å². The molecule has 0 N–H and O–H groups in total. The fraction of sp³-hybridized carbons (Fsp3) is 1.00. The van der Waals surface area contributed by atoms with Gasteiger partial charge in [-0.15, -0.1) is 0 Å². The number of fused-ring (bicyclic) bond motifs is 1. The number of likely N-dealkylation sites (N-methyl/N-ethyl adjacent to an activating group) is 2. The third-order valence-corrected chi connectivity index (χ3v) is 3.32. The molecule has 0 aromatic heterocycles. The molecule has 2 nitrogen and oxygen atoms in total. The summed E-state index contributed by atoms with van der Waals surface area (Å²) in [7, 11) is 4.54. The van der Waals surface area contributed by atoms with Gasteiger partial charge in [0.2, 0.25) is 0 Å². The van der Waals surface area contributed by atoms with E-state index in [4.69, 9.17) is 0 Å². The van der Waals surface area contributed by atoms with Gasteiger partial charge in [0.05, 0.1) is 6.17 Å². The number of hydrogen-bond donors (Lipinski definition) is 0. The Hall–Kier alpha value is -0.0800. The third kappa shape index (κ3) is 1.01. The quantitative estimate of drug-likeness (QED) is 0.539. The van der Waals surface area contributed by atoms with Gasteiger partial charge in [-0.1, -0.05) is 20.8 Å². The minimum atomic E-state index is 0.386. The molecule has 2 aliphatic rings. The van der Waals surface area contributed by atoms with Gasteiger partial charge in [0.15, 0.2) is 0 Å². The standard InChI is InChI=1S/C10H20N2/c1-10(2,3)9-11(4)7-6-8(7)12(9)5/h7-9H,6H2,1-5H3/t7-,8+,9?. The molecular weight excluding hydrogens is 148 g/mol. The van der Waals surface area contributed by atoms with E-state index in [1.165, 1.54) is 6.42 Å². The lowest BCUT2D eigenvalue weighted by Crippen LogP contribution is -2.47. The second-order valence-corrected chi connectivity index (χ2v) is 5.44. The van der Waals surface area contributed by atoms with Gasteiger partial charge in [0, 0.05) is 12.1 Å². The molecule has 2 fully saturated rings. The van der Waals surface area contributed by atoms with Crippen LogP contribution in [0, 0.1) is 5.41 Å². The van der Waals surface area contributed by atoms with Gasteiger partial charge >= 0.3 is 0 Å². The van der Waals surface area contributed by atoms with Crippen molar-refractivity contribution >= 4 is 0 Å². The topological polar surface area (TPSA) is 6.48 Å². The molecule has 12 heavy (non-hydrogen) atoms. The van der Waals surface area contributed by atoms with Gasteiger partial charge in [0.1, 0.15) is 0 Å². The van der Waals surface area contributed by atoms with Crippen LogP contribution in [0.15, 0.2) is 0 Å². The maximum atomic E-state index is 2.55. The van der Waals surface area contributed by atoms with Gasteiger partial charge in [0.25, 0.3) is 0 Å². The van der Waals surface area contributed by atoms with Crippen molar-refractivity contribution < 1.29 is 0 Å². The van der Waals surface area contributed by atoms with Crippen LogP contribution >= 0.6 is 0 Å². The normalized spacial score (nSPS) is 43.2. The Balaban J connectivity index is 2.17. The summed E-state index contributed by atoms with van der Waals surface area (Å²) in [6, 6.07) is 1.72. The van der Waals surface area contributed by atoms with Gasteiger partial charge in [-0.2, -0.15) is 0 Å². The molecule has 0 aromatic rings.